The van der Waals surface area contributed by atoms with E-state index in [0.717, 1.165) is 34.1 Å². The van der Waals surface area contributed by atoms with Gasteiger partial charge in [-0.2, -0.15) is 0 Å². The fourth-order valence-electron chi connectivity index (χ4n) is 7.59. The second-order valence-electron chi connectivity index (χ2n) is 13.4. The van der Waals surface area contributed by atoms with Crippen LogP contribution >= 0.6 is 11.3 Å². The molecule has 0 spiro atoms. The summed E-state index contributed by atoms with van der Waals surface area (Å²) in [6.07, 6.45) is 6.43. The molecule has 248 valence electrons. The molecule has 3 aliphatic carbocycles. The van der Waals surface area contributed by atoms with Crippen LogP contribution < -0.4 is 0 Å². The lowest BCUT2D eigenvalue weighted by Crippen LogP contribution is -2.54. The third kappa shape index (κ3) is 7.25. The number of thiophene rings is 1. The minimum Gasteiger partial charge on any atom is -0.450 e. The van der Waals surface area contributed by atoms with E-state index in [4.69, 9.17) is 9.47 Å². The quantitative estimate of drug-likeness (QED) is 0.141. The molecule has 0 aliphatic heterocycles. The van der Waals surface area contributed by atoms with Gasteiger partial charge in [0.25, 0.3) is 0 Å². The summed E-state index contributed by atoms with van der Waals surface area (Å²) in [5, 5.41) is 24.6. The largest absolute Gasteiger partial charge is 0.450 e. The van der Waals surface area contributed by atoms with Gasteiger partial charge in [0.1, 0.15) is 0 Å². The molecule has 7 nitrogen and oxygen atoms in total. The Balaban J connectivity index is 1.59. The molecule has 1 saturated carbocycles. The van der Waals surface area contributed by atoms with Crippen LogP contribution in [-0.2, 0) is 15.9 Å². The highest BCUT2D eigenvalue weighted by Crippen LogP contribution is 2.59. The fourth-order valence-corrected chi connectivity index (χ4v) is 8.61. The van der Waals surface area contributed by atoms with Crippen LogP contribution in [0, 0.1) is 5.41 Å². The topological polar surface area (TPSA) is 96.3 Å². The number of allylic oxidation sites excluding steroid dienone is 2. The molecular formula is C38H49NO6S. The van der Waals surface area contributed by atoms with E-state index in [-0.39, 0.29) is 24.9 Å². The van der Waals surface area contributed by atoms with Crippen molar-refractivity contribution in [3.05, 3.63) is 81.7 Å². The van der Waals surface area contributed by atoms with Gasteiger partial charge in [-0.15, -0.1) is 11.3 Å². The lowest BCUT2D eigenvalue weighted by atomic mass is 9.64. The van der Waals surface area contributed by atoms with Crippen molar-refractivity contribution in [1.82, 2.24) is 4.90 Å². The summed E-state index contributed by atoms with van der Waals surface area (Å²) in [7, 11) is 1.64. The lowest BCUT2D eigenvalue weighted by Gasteiger charge is -2.46. The molecule has 4 atom stereocenters. The number of carbonyl (C=O) groups excluding carboxylic acids is 2. The van der Waals surface area contributed by atoms with Gasteiger partial charge < -0.3 is 24.6 Å². The zero-order valence-corrected chi connectivity index (χ0v) is 28.5. The third-order valence-corrected chi connectivity index (χ3v) is 11.4. The highest BCUT2D eigenvalue weighted by Gasteiger charge is 2.57. The average molecular weight is 648 g/mol. The number of ketones is 1. The molecule has 2 aromatic carbocycles. The number of aliphatic hydroxyl groups is 2. The Morgan fingerprint density at radius 1 is 1.11 bits per heavy atom. The molecule has 4 unspecified atom stereocenters. The van der Waals surface area contributed by atoms with E-state index in [0.29, 0.717) is 62.1 Å². The first-order valence-corrected chi connectivity index (χ1v) is 17.5. The number of nitrogens with zero attached hydrogens (tertiary/aromatic N) is 1. The van der Waals surface area contributed by atoms with E-state index in [1.54, 1.807) is 18.9 Å². The first-order valence-electron chi connectivity index (χ1n) is 16.7. The number of fused-ring (bicyclic) bond motifs is 9. The summed E-state index contributed by atoms with van der Waals surface area (Å²) in [4.78, 5) is 29.9. The minimum atomic E-state index is -1.21. The first kappa shape index (κ1) is 34.3. The monoisotopic (exact) mass is 647 g/mol. The molecule has 8 heteroatoms. The maximum Gasteiger partial charge on any atom is 0.409 e. The van der Waals surface area contributed by atoms with E-state index < -0.39 is 23.2 Å². The molecule has 1 fully saturated rings. The van der Waals surface area contributed by atoms with Crippen molar-refractivity contribution < 1.29 is 29.3 Å². The Hall–Kier alpha value is -3.04. The Morgan fingerprint density at radius 3 is 2.67 bits per heavy atom. The predicted molar refractivity (Wildman–Crippen MR) is 184 cm³/mol. The summed E-state index contributed by atoms with van der Waals surface area (Å²) in [6, 6.07) is 16.1. The van der Waals surface area contributed by atoms with Gasteiger partial charge >= 0.3 is 6.09 Å². The van der Waals surface area contributed by atoms with Crippen LogP contribution in [0.15, 0.2) is 60.2 Å². The number of amides is 1. The second kappa shape index (κ2) is 14.8. The highest BCUT2D eigenvalue weighted by molar-refractivity contribution is 7.21. The summed E-state index contributed by atoms with van der Waals surface area (Å²) in [5.41, 5.74) is 1.88. The number of methoxy groups -OCH3 is 1. The molecular weight excluding hydrogens is 598 g/mol. The third-order valence-electron chi connectivity index (χ3n) is 10.3. The molecule has 2 N–H and O–H groups in total. The predicted octanol–water partition coefficient (Wildman–Crippen LogP) is 7.67. The number of hydrogen-bond acceptors (Lipinski definition) is 7. The number of aliphatic hydroxyl groups excluding tert-OH is 1. The molecule has 46 heavy (non-hydrogen) atoms. The lowest BCUT2D eigenvalue weighted by molar-refractivity contribution is -0.0814. The molecule has 2 bridgehead atoms. The molecule has 3 aromatic rings. The Labute approximate surface area is 277 Å². The van der Waals surface area contributed by atoms with Gasteiger partial charge in [0.2, 0.25) is 5.78 Å². The van der Waals surface area contributed by atoms with Gasteiger partial charge in [0, 0.05) is 35.9 Å². The van der Waals surface area contributed by atoms with Crippen molar-refractivity contribution >= 4 is 33.3 Å². The first-order chi connectivity index (χ1) is 22.1. The van der Waals surface area contributed by atoms with Gasteiger partial charge in [-0.05, 0) is 106 Å². The number of hydrogen-bond donors (Lipinski definition) is 2. The molecule has 6 rings (SSSR count). The number of ether oxygens (including phenoxy) is 2. The summed E-state index contributed by atoms with van der Waals surface area (Å²) in [5.74, 6) is -0.148. The van der Waals surface area contributed by atoms with Gasteiger partial charge in [-0.25, -0.2) is 4.79 Å². The van der Waals surface area contributed by atoms with Crippen molar-refractivity contribution in [3.63, 3.8) is 0 Å². The van der Waals surface area contributed by atoms with Crippen LogP contribution in [0.25, 0.3) is 10.1 Å². The summed E-state index contributed by atoms with van der Waals surface area (Å²) in [6.45, 7) is 7.36. The summed E-state index contributed by atoms with van der Waals surface area (Å²) < 4.78 is 11.7. The second-order valence-corrected chi connectivity index (χ2v) is 14.5. The fraction of sp³-hybridized carbons (Fsp3) is 0.526. The Morgan fingerprint density at radius 2 is 1.91 bits per heavy atom. The number of rotatable bonds is 9. The van der Waals surface area contributed by atoms with Crippen LogP contribution in [-0.4, -0.2) is 72.1 Å². The average Bonchev–Trinajstić information content (AvgIpc) is 3.58. The van der Waals surface area contributed by atoms with Crippen LogP contribution in [0.4, 0.5) is 4.79 Å². The molecule has 3 aliphatic rings. The van der Waals surface area contributed by atoms with E-state index in [9.17, 15) is 19.8 Å². The standard InChI is InChI=1S/C38H49NO6S/c1-5-45-36(42)39(20-9-21-44-4)25-38(43)19-17-32-30-16-14-27(22-29(40)15-13-26(2)10-8-18-37(32,38)3)23-31(30)35(41)34-24-28-11-6-7-12-33(28)46-34/h6-7,10-12,14,16,23-24,29,32,40,43H,5,8-9,13,15,17-22,25H2,1-4H3. The minimum absolute atomic E-state index is 0.0270. The Kier molecular flexibility index (Phi) is 11.0. The van der Waals surface area contributed by atoms with Gasteiger partial charge in [0.05, 0.1) is 29.7 Å². The Bertz CT molecular complexity index is 1530. The maximum absolute atomic E-state index is 14.4. The molecule has 0 radical (unpaired) electrons. The van der Waals surface area contributed by atoms with Crippen molar-refractivity contribution in [2.45, 2.75) is 89.8 Å². The summed E-state index contributed by atoms with van der Waals surface area (Å²) >= 11 is 1.50. The van der Waals surface area contributed by atoms with E-state index in [1.165, 1.54) is 16.9 Å². The van der Waals surface area contributed by atoms with Crippen LogP contribution in [0.2, 0.25) is 0 Å². The van der Waals surface area contributed by atoms with Crippen LogP contribution in [0.5, 0.6) is 0 Å². The zero-order valence-electron chi connectivity index (χ0n) is 27.7. The SMILES string of the molecule is CCOC(=O)N(CCCOC)CC1(O)CCC2c3ccc(cc3C(=O)c3cc4ccccc4s3)CC(O)CCC(C)=CCCC21C. The number of carbonyl (C=O) groups is 2. The van der Waals surface area contributed by atoms with E-state index in [1.807, 2.05) is 42.5 Å². The van der Waals surface area contributed by atoms with Crippen molar-refractivity contribution in [2.24, 2.45) is 5.41 Å². The zero-order chi connectivity index (χ0) is 32.9. The van der Waals surface area contributed by atoms with Gasteiger partial charge in [-0.3, -0.25) is 4.79 Å². The molecule has 0 saturated heterocycles. The van der Waals surface area contributed by atoms with E-state index >= 15 is 0 Å². The van der Waals surface area contributed by atoms with Crippen molar-refractivity contribution in [1.29, 1.82) is 0 Å². The number of benzene rings is 2. The smallest absolute Gasteiger partial charge is 0.409 e. The van der Waals surface area contributed by atoms with Crippen molar-refractivity contribution in [3.8, 4) is 0 Å². The maximum atomic E-state index is 14.4. The normalized spacial score (nSPS) is 25.1. The van der Waals surface area contributed by atoms with Gasteiger partial charge in [-0.1, -0.05) is 48.9 Å². The molecule has 1 heterocycles. The molecule has 1 amide bonds. The van der Waals surface area contributed by atoms with Crippen molar-refractivity contribution in [2.75, 3.05) is 33.4 Å². The van der Waals surface area contributed by atoms with E-state index in [2.05, 4.69) is 26.0 Å². The van der Waals surface area contributed by atoms with Gasteiger partial charge in [0.15, 0.2) is 0 Å². The van der Waals surface area contributed by atoms with Crippen LogP contribution in [0.1, 0.15) is 98.0 Å². The van der Waals surface area contributed by atoms with Crippen LogP contribution in [0.3, 0.4) is 0 Å². The molecule has 1 aromatic heterocycles. The highest BCUT2D eigenvalue weighted by atomic mass is 32.1.